The largest absolute Gasteiger partial charge is 0.310 e. The molecule has 0 radical (unpaired) electrons. The molecule has 0 heterocycles. The first-order valence-corrected chi connectivity index (χ1v) is 6.93. The van der Waals surface area contributed by atoms with Crippen molar-refractivity contribution in [3.05, 3.63) is 34.1 Å². The van der Waals surface area contributed by atoms with Crippen molar-refractivity contribution in [2.45, 2.75) is 45.7 Å². The summed E-state index contributed by atoms with van der Waals surface area (Å²) >= 11 is 3.37. The molecule has 1 saturated carbocycles. The van der Waals surface area contributed by atoms with Crippen LogP contribution < -0.4 is 5.32 Å². The monoisotopic (exact) mass is 299 g/mol. The van der Waals surface area contributed by atoms with Crippen LogP contribution >= 0.6 is 15.9 Å². The van der Waals surface area contributed by atoms with E-state index in [9.17, 15) is 4.39 Å². The normalized spacial score (nSPS) is 22.9. The predicted molar refractivity (Wildman–Crippen MR) is 72.4 cm³/mol. The van der Waals surface area contributed by atoms with Crippen LogP contribution in [0.3, 0.4) is 0 Å². The highest BCUT2D eigenvalue weighted by molar-refractivity contribution is 9.10. The van der Waals surface area contributed by atoms with Gasteiger partial charge in [-0.3, -0.25) is 0 Å². The Labute approximate surface area is 111 Å². The fourth-order valence-corrected chi connectivity index (χ4v) is 2.95. The second-order valence-corrected chi connectivity index (χ2v) is 6.64. The highest BCUT2D eigenvalue weighted by atomic mass is 79.9. The van der Waals surface area contributed by atoms with E-state index in [2.05, 4.69) is 35.1 Å². The summed E-state index contributed by atoms with van der Waals surface area (Å²) in [6.45, 7) is 5.22. The maximum atomic E-state index is 13.5. The van der Waals surface area contributed by atoms with Gasteiger partial charge in [-0.1, -0.05) is 29.8 Å². The molecule has 94 valence electrons. The van der Waals surface area contributed by atoms with Gasteiger partial charge in [-0.2, -0.15) is 0 Å². The van der Waals surface area contributed by atoms with Crippen molar-refractivity contribution < 1.29 is 4.39 Å². The number of nitrogens with one attached hydrogen (secondary N) is 1. The van der Waals surface area contributed by atoms with Gasteiger partial charge in [0, 0.05) is 22.6 Å². The first-order chi connectivity index (χ1) is 7.96. The molecule has 1 aliphatic carbocycles. The van der Waals surface area contributed by atoms with Crippen LogP contribution in [0.1, 0.15) is 38.7 Å². The van der Waals surface area contributed by atoms with Crippen molar-refractivity contribution in [1.29, 1.82) is 0 Å². The van der Waals surface area contributed by atoms with E-state index < -0.39 is 0 Å². The van der Waals surface area contributed by atoms with Crippen LogP contribution in [0.15, 0.2) is 22.7 Å². The fourth-order valence-electron chi connectivity index (χ4n) is 2.54. The highest BCUT2D eigenvalue weighted by Gasteiger charge is 2.30. The fraction of sp³-hybridized carbons (Fsp3) is 0.571. The summed E-state index contributed by atoms with van der Waals surface area (Å²) < 4.78 is 14.5. The Balaban J connectivity index is 1.92. The summed E-state index contributed by atoms with van der Waals surface area (Å²) in [5, 5.41) is 3.46. The van der Waals surface area contributed by atoms with E-state index in [0.29, 0.717) is 18.0 Å². The van der Waals surface area contributed by atoms with Gasteiger partial charge in [0.1, 0.15) is 5.82 Å². The van der Waals surface area contributed by atoms with Crippen molar-refractivity contribution in [1.82, 2.24) is 5.32 Å². The van der Waals surface area contributed by atoms with Gasteiger partial charge in [0.2, 0.25) is 0 Å². The van der Waals surface area contributed by atoms with Crippen LogP contribution in [0, 0.1) is 11.2 Å². The van der Waals surface area contributed by atoms with Crippen LogP contribution in [-0.4, -0.2) is 6.04 Å². The van der Waals surface area contributed by atoms with E-state index in [0.717, 1.165) is 10.0 Å². The minimum Gasteiger partial charge on any atom is -0.310 e. The first kappa shape index (κ1) is 13.0. The maximum absolute atomic E-state index is 13.5. The molecule has 1 N–H and O–H groups in total. The van der Waals surface area contributed by atoms with Gasteiger partial charge in [-0.05, 0) is 42.9 Å². The molecule has 0 aliphatic heterocycles. The third kappa shape index (κ3) is 3.52. The molecule has 1 aliphatic rings. The average Bonchev–Trinajstić information content (AvgIpc) is 2.60. The Kier molecular flexibility index (Phi) is 3.88. The second-order valence-electron chi connectivity index (χ2n) is 5.72. The SMILES string of the molecule is CC1(C)CCC(NCc2cc(Br)ccc2F)C1. The molecule has 1 fully saturated rings. The lowest BCUT2D eigenvalue weighted by molar-refractivity contribution is 0.363. The molecule has 0 aromatic heterocycles. The van der Waals surface area contributed by atoms with Crippen LogP contribution in [-0.2, 0) is 6.54 Å². The standard InChI is InChI=1S/C14H19BrFN/c1-14(2)6-5-12(8-14)17-9-10-7-11(15)3-4-13(10)16/h3-4,7,12,17H,5-6,8-9H2,1-2H3. The minimum atomic E-state index is -0.127. The molecule has 0 saturated heterocycles. The lowest BCUT2D eigenvalue weighted by Gasteiger charge is -2.18. The predicted octanol–water partition coefficient (Wildman–Crippen LogP) is 4.26. The van der Waals surface area contributed by atoms with E-state index >= 15 is 0 Å². The van der Waals surface area contributed by atoms with E-state index in [1.165, 1.54) is 25.3 Å². The van der Waals surface area contributed by atoms with Crippen molar-refractivity contribution in [3.8, 4) is 0 Å². The first-order valence-electron chi connectivity index (χ1n) is 6.14. The third-order valence-corrected chi connectivity index (χ3v) is 4.05. The summed E-state index contributed by atoms with van der Waals surface area (Å²) in [5.74, 6) is -0.127. The van der Waals surface area contributed by atoms with Crippen LogP contribution in [0.2, 0.25) is 0 Å². The molecule has 0 spiro atoms. The van der Waals surface area contributed by atoms with Crippen molar-refractivity contribution in [3.63, 3.8) is 0 Å². The summed E-state index contributed by atoms with van der Waals surface area (Å²) in [4.78, 5) is 0. The van der Waals surface area contributed by atoms with Gasteiger partial charge in [0.15, 0.2) is 0 Å². The molecule has 0 amide bonds. The van der Waals surface area contributed by atoms with Gasteiger partial charge in [0.05, 0.1) is 0 Å². The summed E-state index contributed by atoms with van der Waals surface area (Å²) in [5.41, 5.74) is 1.18. The van der Waals surface area contributed by atoms with Crippen molar-refractivity contribution >= 4 is 15.9 Å². The smallest absolute Gasteiger partial charge is 0.127 e. The van der Waals surface area contributed by atoms with Crippen LogP contribution in [0.5, 0.6) is 0 Å². The van der Waals surface area contributed by atoms with Crippen LogP contribution in [0.4, 0.5) is 4.39 Å². The van der Waals surface area contributed by atoms with Crippen molar-refractivity contribution in [2.75, 3.05) is 0 Å². The molecule has 1 unspecified atom stereocenters. The Bertz CT molecular complexity index is 403. The Morgan fingerprint density at radius 2 is 2.24 bits per heavy atom. The zero-order valence-electron chi connectivity index (χ0n) is 10.4. The molecule has 1 aromatic rings. The molecular weight excluding hydrogens is 281 g/mol. The van der Waals surface area contributed by atoms with Gasteiger partial charge < -0.3 is 5.32 Å². The number of benzene rings is 1. The van der Waals surface area contributed by atoms with Gasteiger partial charge in [0.25, 0.3) is 0 Å². The molecule has 0 bridgehead atoms. The van der Waals surface area contributed by atoms with E-state index in [4.69, 9.17) is 0 Å². The van der Waals surface area contributed by atoms with E-state index in [1.54, 1.807) is 6.07 Å². The Morgan fingerprint density at radius 3 is 2.88 bits per heavy atom. The zero-order chi connectivity index (χ0) is 12.5. The lowest BCUT2D eigenvalue weighted by atomic mass is 9.92. The zero-order valence-corrected chi connectivity index (χ0v) is 12.0. The molecule has 1 atom stereocenters. The van der Waals surface area contributed by atoms with E-state index in [-0.39, 0.29) is 5.82 Å². The number of hydrogen-bond acceptors (Lipinski definition) is 1. The van der Waals surface area contributed by atoms with Gasteiger partial charge >= 0.3 is 0 Å². The summed E-state index contributed by atoms with van der Waals surface area (Å²) in [6, 6.07) is 5.63. The number of hydrogen-bond donors (Lipinski definition) is 1. The lowest BCUT2D eigenvalue weighted by Crippen LogP contribution is -2.27. The molecular formula is C14H19BrFN. The topological polar surface area (TPSA) is 12.0 Å². The Morgan fingerprint density at radius 1 is 1.47 bits per heavy atom. The molecule has 17 heavy (non-hydrogen) atoms. The second kappa shape index (κ2) is 5.07. The number of rotatable bonds is 3. The van der Waals surface area contributed by atoms with Crippen molar-refractivity contribution in [2.24, 2.45) is 5.41 Å². The van der Waals surface area contributed by atoms with Gasteiger partial charge in [-0.25, -0.2) is 4.39 Å². The molecule has 1 nitrogen and oxygen atoms in total. The van der Waals surface area contributed by atoms with E-state index in [1.807, 2.05) is 6.07 Å². The quantitative estimate of drug-likeness (QED) is 0.879. The molecule has 3 heteroatoms. The Hall–Kier alpha value is -0.410. The van der Waals surface area contributed by atoms with Crippen LogP contribution in [0.25, 0.3) is 0 Å². The summed E-state index contributed by atoms with van der Waals surface area (Å²) in [7, 11) is 0. The molecule has 2 rings (SSSR count). The maximum Gasteiger partial charge on any atom is 0.127 e. The highest BCUT2D eigenvalue weighted by Crippen LogP contribution is 2.37. The van der Waals surface area contributed by atoms with Gasteiger partial charge in [-0.15, -0.1) is 0 Å². The third-order valence-electron chi connectivity index (χ3n) is 3.56. The minimum absolute atomic E-state index is 0.127. The number of halogens is 2. The molecule has 1 aromatic carbocycles. The summed E-state index contributed by atoms with van der Waals surface area (Å²) in [6.07, 6.45) is 3.64. The average molecular weight is 300 g/mol.